The molecule has 1 heteroatoms. The first-order valence-electron chi connectivity index (χ1n) is 5.90. The van der Waals surface area contributed by atoms with Crippen LogP contribution >= 0.6 is 0 Å². The van der Waals surface area contributed by atoms with Gasteiger partial charge in [-0.2, -0.15) is 0 Å². The third-order valence-electron chi connectivity index (χ3n) is 3.33. The van der Waals surface area contributed by atoms with Gasteiger partial charge in [0.15, 0.2) is 0 Å². The number of rotatable bonds is 3. The fourth-order valence-corrected chi connectivity index (χ4v) is 2.43. The molecular weight excluding hydrogens is 182 g/mol. The second-order valence-corrected chi connectivity index (χ2v) is 5.57. The molecule has 82 valence electrons. The van der Waals surface area contributed by atoms with Gasteiger partial charge >= 0.3 is 0 Å². The van der Waals surface area contributed by atoms with E-state index in [-0.39, 0.29) is 5.54 Å². The van der Waals surface area contributed by atoms with E-state index in [1.807, 2.05) is 0 Å². The Morgan fingerprint density at radius 2 is 1.73 bits per heavy atom. The zero-order valence-electron chi connectivity index (χ0n) is 9.79. The Morgan fingerprint density at radius 1 is 1.20 bits per heavy atom. The van der Waals surface area contributed by atoms with Gasteiger partial charge in [0.1, 0.15) is 0 Å². The van der Waals surface area contributed by atoms with Crippen molar-refractivity contribution in [2.45, 2.75) is 45.1 Å². The average Bonchev–Trinajstić information content (AvgIpc) is 2.56. The van der Waals surface area contributed by atoms with Crippen LogP contribution in [0.15, 0.2) is 24.3 Å². The first-order valence-corrected chi connectivity index (χ1v) is 5.90. The van der Waals surface area contributed by atoms with Crippen LogP contribution in [0.5, 0.6) is 0 Å². The molecule has 1 aliphatic carbocycles. The van der Waals surface area contributed by atoms with Crippen molar-refractivity contribution < 1.29 is 0 Å². The van der Waals surface area contributed by atoms with Crippen LogP contribution in [0.2, 0.25) is 0 Å². The highest BCUT2D eigenvalue weighted by Gasteiger charge is 2.22. The van der Waals surface area contributed by atoms with E-state index in [0.29, 0.717) is 0 Å². The molecule has 1 aromatic rings. The van der Waals surface area contributed by atoms with Gasteiger partial charge in [-0.3, -0.25) is 0 Å². The largest absolute Gasteiger partial charge is 0.326 e. The van der Waals surface area contributed by atoms with E-state index >= 15 is 0 Å². The van der Waals surface area contributed by atoms with Crippen molar-refractivity contribution in [2.75, 3.05) is 0 Å². The van der Waals surface area contributed by atoms with E-state index in [2.05, 4.69) is 38.1 Å². The monoisotopic (exact) mass is 203 g/mol. The number of hydrogen-bond donors (Lipinski definition) is 1. The number of nitrogens with two attached hydrogens (primary N) is 1. The third-order valence-corrected chi connectivity index (χ3v) is 3.33. The van der Waals surface area contributed by atoms with Gasteiger partial charge < -0.3 is 5.73 Å². The Hall–Kier alpha value is -0.820. The van der Waals surface area contributed by atoms with E-state index in [1.165, 1.54) is 19.3 Å². The predicted molar refractivity (Wildman–Crippen MR) is 64.8 cm³/mol. The van der Waals surface area contributed by atoms with Gasteiger partial charge in [0.2, 0.25) is 0 Å². The minimum Gasteiger partial charge on any atom is -0.326 e. The molecule has 0 radical (unpaired) electrons. The van der Waals surface area contributed by atoms with Crippen molar-refractivity contribution in [1.29, 1.82) is 0 Å². The minimum absolute atomic E-state index is 0.00518. The van der Waals surface area contributed by atoms with E-state index < -0.39 is 0 Å². The van der Waals surface area contributed by atoms with Gasteiger partial charge in [0.05, 0.1) is 0 Å². The summed E-state index contributed by atoms with van der Waals surface area (Å²) in [6.45, 7) is 4.24. The molecule has 0 spiro atoms. The van der Waals surface area contributed by atoms with Crippen LogP contribution in [0.4, 0.5) is 0 Å². The fraction of sp³-hybridized carbons (Fsp3) is 0.571. The van der Waals surface area contributed by atoms with Gasteiger partial charge in [-0.05, 0) is 56.6 Å². The van der Waals surface area contributed by atoms with E-state index in [4.69, 9.17) is 5.73 Å². The average molecular weight is 203 g/mol. The zero-order valence-corrected chi connectivity index (χ0v) is 9.79. The molecule has 0 aliphatic heterocycles. The highest BCUT2D eigenvalue weighted by molar-refractivity contribution is 5.31. The maximum absolute atomic E-state index is 6.02. The first kappa shape index (κ1) is 10.7. The number of benzene rings is 1. The second kappa shape index (κ2) is 3.97. The topological polar surface area (TPSA) is 26.0 Å². The van der Waals surface area contributed by atoms with Crippen molar-refractivity contribution in [3.8, 4) is 0 Å². The molecule has 0 saturated heterocycles. The Morgan fingerprint density at radius 3 is 2.20 bits per heavy atom. The summed E-state index contributed by atoms with van der Waals surface area (Å²) in [7, 11) is 0. The summed E-state index contributed by atoms with van der Waals surface area (Å²) in [5.74, 6) is 0.824. The molecule has 0 fully saturated rings. The number of fused-ring (bicyclic) bond motifs is 1. The SMILES string of the molecule is CC(C)(N)CCC1Cc2ccccc2C1. The summed E-state index contributed by atoms with van der Waals surface area (Å²) in [6, 6.07) is 8.83. The molecule has 0 heterocycles. The molecule has 0 unspecified atom stereocenters. The van der Waals surface area contributed by atoms with Crippen molar-refractivity contribution in [3.05, 3.63) is 35.4 Å². The summed E-state index contributed by atoms with van der Waals surface area (Å²) in [6.07, 6.45) is 4.91. The Balaban J connectivity index is 1.91. The summed E-state index contributed by atoms with van der Waals surface area (Å²) >= 11 is 0. The van der Waals surface area contributed by atoms with Gasteiger partial charge in [0.25, 0.3) is 0 Å². The lowest BCUT2D eigenvalue weighted by Gasteiger charge is -2.20. The van der Waals surface area contributed by atoms with Crippen molar-refractivity contribution >= 4 is 0 Å². The summed E-state index contributed by atoms with van der Waals surface area (Å²) in [5.41, 5.74) is 9.12. The molecule has 0 atom stereocenters. The van der Waals surface area contributed by atoms with Gasteiger partial charge in [0, 0.05) is 5.54 Å². The fourth-order valence-electron chi connectivity index (χ4n) is 2.43. The second-order valence-electron chi connectivity index (χ2n) is 5.57. The molecule has 0 aromatic heterocycles. The van der Waals surface area contributed by atoms with Crippen molar-refractivity contribution in [1.82, 2.24) is 0 Å². The first-order chi connectivity index (χ1) is 7.04. The lowest BCUT2D eigenvalue weighted by Crippen LogP contribution is -2.32. The van der Waals surface area contributed by atoms with Crippen LogP contribution in [0.25, 0.3) is 0 Å². The molecule has 15 heavy (non-hydrogen) atoms. The molecule has 0 bridgehead atoms. The normalized spacial score (nSPS) is 16.7. The summed E-state index contributed by atoms with van der Waals surface area (Å²) in [4.78, 5) is 0. The molecular formula is C14H21N. The molecule has 1 nitrogen and oxygen atoms in total. The van der Waals surface area contributed by atoms with Crippen LogP contribution in [0, 0.1) is 5.92 Å². The lowest BCUT2D eigenvalue weighted by molar-refractivity contribution is 0.392. The van der Waals surface area contributed by atoms with Crippen LogP contribution < -0.4 is 5.73 Å². The molecule has 0 saturated carbocycles. The van der Waals surface area contributed by atoms with Crippen LogP contribution in [-0.2, 0) is 12.8 Å². The molecule has 2 N–H and O–H groups in total. The Labute approximate surface area is 92.7 Å². The van der Waals surface area contributed by atoms with Crippen LogP contribution in [0.1, 0.15) is 37.8 Å². The van der Waals surface area contributed by atoms with Crippen molar-refractivity contribution in [3.63, 3.8) is 0 Å². The lowest BCUT2D eigenvalue weighted by atomic mass is 9.92. The van der Waals surface area contributed by atoms with Gasteiger partial charge in [-0.15, -0.1) is 0 Å². The highest BCUT2D eigenvalue weighted by Crippen LogP contribution is 2.30. The minimum atomic E-state index is -0.00518. The maximum Gasteiger partial charge on any atom is 0.00971 e. The summed E-state index contributed by atoms with van der Waals surface area (Å²) < 4.78 is 0. The molecule has 1 aliphatic rings. The van der Waals surface area contributed by atoms with Crippen LogP contribution in [0.3, 0.4) is 0 Å². The van der Waals surface area contributed by atoms with Gasteiger partial charge in [-0.1, -0.05) is 24.3 Å². The maximum atomic E-state index is 6.02. The summed E-state index contributed by atoms with van der Waals surface area (Å²) in [5, 5.41) is 0. The Kier molecular flexibility index (Phi) is 2.83. The standard InChI is InChI=1S/C14H21N/c1-14(2,15)8-7-11-9-12-5-3-4-6-13(12)10-11/h3-6,11H,7-10,15H2,1-2H3. The van der Waals surface area contributed by atoms with E-state index in [1.54, 1.807) is 11.1 Å². The molecule has 1 aromatic carbocycles. The van der Waals surface area contributed by atoms with E-state index in [0.717, 1.165) is 12.3 Å². The van der Waals surface area contributed by atoms with Crippen molar-refractivity contribution in [2.24, 2.45) is 11.7 Å². The van der Waals surface area contributed by atoms with Gasteiger partial charge in [-0.25, -0.2) is 0 Å². The highest BCUT2D eigenvalue weighted by atomic mass is 14.7. The smallest absolute Gasteiger partial charge is 0.00971 e. The zero-order chi connectivity index (χ0) is 10.9. The van der Waals surface area contributed by atoms with E-state index in [9.17, 15) is 0 Å². The molecule has 0 amide bonds. The number of hydrogen-bond acceptors (Lipinski definition) is 1. The predicted octanol–water partition coefficient (Wildman–Crippen LogP) is 2.92. The molecule has 2 rings (SSSR count). The Bertz CT molecular complexity index is 310. The van der Waals surface area contributed by atoms with Crippen LogP contribution in [-0.4, -0.2) is 5.54 Å². The third kappa shape index (κ3) is 2.82. The quantitative estimate of drug-likeness (QED) is 0.803.